The summed E-state index contributed by atoms with van der Waals surface area (Å²) in [7, 11) is 0. The zero-order chi connectivity index (χ0) is 23.5. The molecule has 0 radical (unpaired) electrons. The number of aromatic nitrogens is 2. The van der Waals surface area contributed by atoms with Crippen molar-refractivity contribution in [1.29, 1.82) is 0 Å². The van der Waals surface area contributed by atoms with Crippen LogP contribution in [0.1, 0.15) is 48.5 Å². The van der Waals surface area contributed by atoms with Gasteiger partial charge in [-0.05, 0) is 29.3 Å². The molecule has 0 saturated carbocycles. The van der Waals surface area contributed by atoms with E-state index in [1.807, 2.05) is 24.3 Å². The van der Waals surface area contributed by atoms with E-state index in [-0.39, 0.29) is 29.8 Å². The van der Waals surface area contributed by atoms with E-state index in [1.165, 1.54) is 17.7 Å². The zero-order valence-electron chi connectivity index (χ0n) is 20.0. The number of piperidine rings is 1. The van der Waals surface area contributed by atoms with E-state index >= 15 is 0 Å². The van der Waals surface area contributed by atoms with Gasteiger partial charge in [-0.2, -0.15) is 5.10 Å². The predicted octanol–water partition coefficient (Wildman–Crippen LogP) is 1.15. The van der Waals surface area contributed by atoms with Gasteiger partial charge in [-0.3, -0.25) is 4.79 Å². The Morgan fingerprint density at radius 2 is 1.57 bits per heavy atom. The second-order valence-corrected chi connectivity index (χ2v) is 9.54. The molecule has 1 unspecified atom stereocenters. The van der Waals surface area contributed by atoms with Crippen molar-refractivity contribution in [1.82, 2.24) is 9.78 Å². The van der Waals surface area contributed by atoms with Gasteiger partial charge >= 0.3 is 0 Å². The van der Waals surface area contributed by atoms with Crippen LogP contribution in [-0.2, 0) is 6.42 Å². The molecule has 3 aromatic carbocycles. The molecular weight excluding hydrogens is 461 g/mol. The van der Waals surface area contributed by atoms with Crippen molar-refractivity contribution in [2.75, 3.05) is 19.6 Å². The number of halogens is 2. The van der Waals surface area contributed by atoms with Gasteiger partial charge < -0.3 is 17.3 Å². The van der Waals surface area contributed by atoms with Crippen LogP contribution in [0.4, 0.5) is 4.39 Å². The van der Waals surface area contributed by atoms with Crippen LogP contribution in [0.25, 0.3) is 10.8 Å². The smallest absolute Gasteiger partial charge is 0.274 e. The number of nitrogens with zero attached hydrogens (tertiary/aromatic N) is 2. The van der Waals surface area contributed by atoms with Crippen molar-refractivity contribution in [2.24, 2.45) is 0 Å². The molecule has 1 aromatic heterocycles. The normalized spacial score (nSPS) is 18.7. The van der Waals surface area contributed by atoms with Crippen LogP contribution < -0.4 is 22.9 Å². The van der Waals surface area contributed by atoms with E-state index in [2.05, 4.69) is 37.3 Å². The van der Waals surface area contributed by atoms with E-state index in [0.717, 1.165) is 49.1 Å². The summed E-state index contributed by atoms with van der Waals surface area (Å²) in [6.07, 6.45) is 2.45. The first-order valence-electron chi connectivity index (χ1n) is 12.2. The number of fused-ring (bicyclic) bond motifs is 1. The minimum Gasteiger partial charge on any atom is -1.00 e. The van der Waals surface area contributed by atoms with Crippen molar-refractivity contribution in [3.8, 4) is 0 Å². The fraction of sp³-hybridized carbons (Fsp3) is 0.310. The van der Waals surface area contributed by atoms with Crippen LogP contribution in [0.3, 0.4) is 0 Å². The van der Waals surface area contributed by atoms with Gasteiger partial charge in [0.25, 0.3) is 5.56 Å². The molecule has 0 amide bonds. The molecule has 4 nitrogen and oxygen atoms in total. The van der Waals surface area contributed by atoms with Gasteiger partial charge in [-0.1, -0.05) is 67.6 Å². The van der Waals surface area contributed by atoms with Crippen molar-refractivity contribution >= 4 is 10.8 Å². The highest BCUT2D eigenvalue weighted by Gasteiger charge is 2.27. The van der Waals surface area contributed by atoms with Gasteiger partial charge in [0.05, 0.1) is 36.8 Å². The third-order valence-corrected chi connectivity index (χ3v) is 7.16. The van der Waals surface area contributed by atoms with Crippen LogP contribution in [-0.4, -0.2) is 29.4 Å². The Morgan fingerprint density at radius 1 is 0.943 bits per heavy atom. The van der Waals surface area contributed by atoms with E-state index in [1.54, 1.807) is 21.7 Å². The average molecular weight is 492 g/mol. The topological polar surface area (TPSA) is 39.3 Å². The fourth-order valence-corrected chi connectivity index (χ4v) is 5.24. The molecule has 1 fully saturated rings. The highest BCUT2D eigenvalue weighted by atomic mass is 35.5. The van der Waals surface area contributed by atoms with Crippen molar-refractivity contribution in [3.63, 3.8) is 0 Å². The van der Waals surface area contributed by atoms with Gasteiger partial charge in [0.2, 0.25) is 0 Å². The molecule has 1 saturated heterocycles. The molecule has 1 atom stereocenters. The van der Waals surface area contributed by atoms with Crippen LogP contribution in [0.2, 0.25) is 0 Å². The van der Waals surface area contributed by atoms with Crippen LogP contribution in [0, 0.1) is 5.82 Å². The minimum atomic E-state index is -0.248. The second-order valence-electron chi connectivity index (χ2n) is 9.54. The largest absolute Gasteiger partial charge is 1.00 e. The maximum Gasteiger partial charge on any atom is 0.274 e. The number of likely N-dealkylation sites (tertiary alicyclic amines) is 1. The molecule has 0 aliphatic carbocycles. The highest BCUT2D eigenvalue weighted by molar-refractivity contribution is 5.83. The average Bonchev–Trinajstić information content (AvgIpc) is 2.88. The lowest BCUT2D eigenvalue weighted by Gasteiger charge is -2.31. The van der Waals surface area contributed by atoms with Gasteiger partial charge in [0.15, 0.2) is 0 Å². The monoisotopic (exact) mass is 491 g/mol. The van der Waals surface area contributed by atoms with Gasteiger partial charge in [-0.15, -0.1) is 0 Å². The molecule has 4 aromatic rings. The molecule has 1 aliphatic rings. The Labute approximate surface area is 211 Å². The summed E-state index contributed by atoms with van der Waals surface area (Å²) in [5.41, 5.74) is 3.23. The third-order valence-electron chi connectivity index (χ3n) is 7.16. The van der Waals surface area contributed by atoms with Crippen molar-refractivity contribution < 1.29 is 21.7 Å². The summed E-state index contributed by atoms with van der Waals surface area (Å²) in [4.78, 5) is 15.0. The molecule has 6 heteroatoms. The van der Waals surface area contributed by atoms with Crippen LogP contribution >= 0.6 is 0 Å². The van der Waals surface area contributed by atoms with Crippen LogP contribution in [0.5, 0.6) is 0 Å². The summed E-state index contributed by atoms with van der Waals surface area (Å²) >= 11 is 0. The van der Waals surface area contributed by atoms with Crippen LogP contribution in [0.15, 0.2) is 83.7 Å². The lowest BCUT2D eigenvalue weighted by molar-refractivity contribution is -0.907. The maximum atomic E-state index is 13.4. The Balaban J connectivity index is 0.00000289. The van der Waals surface area contributed by atoms with Gasteiger partial charge in [0.1, 0.15) is 5.82 Å². The molecule has 182 valence electrons. The van der Waals surface area contributed by atoms with Gasteiger partial charge in [0, 0.05) is 30.6 Å². The molecule has 1 N–H and O–H groups in total. The summed E-state index contributed by atoms with van der Waals surface area (Å²) in [5.74, 6) is 0.263. The van der Waals surface area contributed by atoms with E-state index < -0.39 is 0 Å². The van der Waals surface area contributed by atoms with E-state index in [9.17, 15) is 9.18 Å². The van der Waals surface area contributed by atoms with E-state index in [4.69, 9.17) is 5.10 Å². The number of benzene rings is 3. The lowest BCUT2D eigenvalue weighted by atomic mass is 9.98. The number of rotatable bonds is 6. The molecular formula is C29H31ClFN3O. The molecule has 5 rings (SSSR count). The molecule has 1 aliphatic heterocycles. The minimum absolute atomic E-state index is 0. The first kappa shape index (κ1) is 25.1. The summed E-state index contributed by atoms with van der Waals surface area (Å²) in [5, 5.41) is 6.47. The fourth-order valence-electron chi connectivity index (χ4n) is 5.24. The van der Waals surface area contributed by atoms with Gasteiger partial charge in [-0.25, -0.2) is 9.07 Å². The summed E-state index contributed by atoms with van der Waals surface area (Å²) in [6.45, 7) is 5.48. The Hall–Kier alpha value is -3.02. The standard InChI is InChI=1S/C29H30FN3O.ClH/c1-21(23-7-3-2-4-8-23)20-32-17-15-25(16-18-32)33-29(34)27-10-6-5-9-26(27)28(31-33)19-22-11-13-24(30)14-12-22;/h2-14,21,25H,15-20H2,1H3;1H. The predicted molar refractivity (Wildman–Crippen MR) is 134 cm³/mol. The Bertz CT molecular complexity index is 1320. The first-order valence-corrected chi connectivity index (χ1v) is 12.2. The van der Waals surface area contributed by atoms with Crippen molar-refractivity contribution in [3.05, 3.63) is 112 Å². The number of hydrogen-bond acceptors (Lipinski definition) is 2. The lowest BCUT2D eigenvalue weighted by Crippen LogP contribution is -3.13. The number of hydrogen-bond donors (Lipinski definition) is 1. The third kappa shape index (κ3) is 5.63. The summed E-state index contributed by atoms with van der Waals surface area (Å²) < 4.78 is 15.1. The first-order chi connectivity index (χ1) is 16.6. The Morgan fingerprint density at radius 3 is 2.26 bits per heavy atom. The zero-order valence-corrected chi connectivity index (χ0v) is 20.7. The quantitative estimate of drug-likeness (QED) is 0.439. The maximum absolute atomic E-state index is 13.4. The Kier molecular flexibility index (Phi) is 7.99. The number of nitrogens with one attached hydrogen (secondary N) is 1. The number of quaternary nitrogens is 1. The molecule has 0 bridgehead atoms. The molecule has 0 spiro atoms. The second kappa shape index (κ2) is 11.1. The molecule has 35 heavy (non-hydrogen) atoms. The van der Waals surface area contributed by atoms with Crippen molar-refractivity contribution in [2.45, 2.75) is 38.1 Å². The molecule has 2 heterocycles. The SMILES string of the molecule is CC(C[NH+]1CCC(n2nc(Cc3ccc(F)cc3)c3ccccc3c2=O)CC1)c1ccccc1.[Cl-]. The highest BCUT2D eigenvalue weighted by Crippen LogP contribution is 2.21. The summed E-state index contributed by atoms with van der Waals surface area (Å²) in [6, 6.07) is 25.0. The van der Waals surface area contributed by atoms with E-state index in [0.29, 0.717) is 17.7 Å².